The molecule has 0 aromatic heterocycles. The van der Waals surface area contributed by atoms with Gasteiger partial charge in [0.2, 0.25) is 0 Å². The lowest BCUT2D eigenvalue weighted by molar-refractivity contribution is 0.0590. The van der Waals surface area contributed by atoms with Gasteiger partial charge in [-0.2, -0.15) is 0 Å². The summed E-state index contributed by atoms with van der Waals surface area (Å²) in [7, 11) is 1.65. The fourth-order valence-electron chi connectivity index (χ4n) is 2.49. The van der Waals surface area contributed by atoms with E-state index >= 15 is 0 Å². The number of nitrogens with zero attached hydrogens (tertiary/aromatic N) is 1. The van der Waals surface area contributed by atoms with Crippen molar-refractivity contribution in [3.63, 3.8) is 0 Å². The van der Waals surface area contributed by atoms with Gasteiger partial charge in [0.05, 0.1) is 17.9 Å². The highest BCUT2D eigenvalue weighted by Crippen LogP contribution is 2.21. The molecule has 21 heavy (non-hydrogen) atoms. The summed E-state index contributed by atoms with van der Waals surface area (Å²) in [6.07, 6.45) is 1.84. The molecule has 1 aromatic carbocycles. The SMILES string of the molecule is CCC(CC)N(CCOC)C(=O)c1ccc(C)cc1NN. The highest BCUT2D eigenvalue weighted by atomic mass is 16.5. The molecule has 0 radical (unpaired) electrons. The van der Waals surface area contributed by atoms with Crippen LogP contribution in [0.4, 0.5) is 5.69 Å². The van der Waals surface area contributed by atoms with Gasteiger partial charge in [-0.15, -0.1) is 0 Å². The Kier molecular flexibility index (Phi) is 7.19. The van der Waals surface area contributed by atoms with Crippen LogP contribution in [-0.4, -0.2) is 37.1 Å². The van der Waals surface area contributed by atoms with Gasteiger partial charge < -0.3 is 15.1 Å². The van der Waals surface area contributed by atoms with Crippen molar-refractivity contribution in [3.05, 3.63) is 29.3 Å². The molecule has 0 spiro atoms. The Morgan fingerprint density at radius 1 is 1.38 bits per heavy atom. The standard InChI is InChI=1S/C16H27N3O2/c1-5-13(6-2)19(9-10-21-4)16(20)14-8-7-12(3)11-15(14)18-17/h7-8,11,13,18H,5-6,9-10,17H2,1-4H3. The number of nitrogen functional groups attached to an aromatic ring is 1. The molecule has 1 rings (SSSR count). The number of benzene rings is 1. The van der Waals surface area contributed by atoms with Crippen LogP contribution in [-0.2, 0) is 4.74 Å². The molecule has 1 aromatic rings. The predicted octanol–water partition coefficient (Wildman–Crippen LogP) is 2.56. The van der Waals surface area contributed by atoms with Crippen molar-refractivity contribution in [1.29, 1.82) is 0 Å². The zero-order chi connectivity index (χ0) is 15.8. The monoisotopic (exact) mass is 293 g/mol. The maximum atomic E-state index is 12.9. The average molecular weight is 293 g/mol. The second-order valence-corrected chi connectivity index (χ2v) is 5.16. The third kappa shape index (κ3) is 4.44. The van der Waals surface area contributed by atoms with Crippen molar-refractivity contribution < 1.29 is 9.53 Å². The van der Waals surface area contributed by atoms with E-state index in [2.05, 4.69) is 19.3 Å². The Bertz CT molecular complexity index is 459. The highest BCUT2D eigenvalue weighted by molar-refractivity contribution is 5.99. The third-order valence-corrected chi connectivity index (χ3v) is 3.74. The van der Waals surface area contributed by atoms with E-state index in [-0.39, 0.29) is 11.9 Å². The Labute approximate surface area is 127 Å². The van der Waals surface area contributed by atoms with E-state index in [4.69, 9.17) is 10.6 Å². The first-order valence-electron chi connectivity index (χ1n) is 7.46. The Balaban J connectivity index is 3.09. The fraction of sp³-hybridized carbons (Fsp3) is 0.562. The zero-order valence-corrected chi connectivity index (χ0v) is 13.5. The van der Waals surface area contributed by atoms with E-state index in [9.17, 15) is 4.79 Å². The summed E-state index contributed by atoms with van der Waals surface area (Å²) >= 11 is 0. The maximum Gasteiger partial charge on any atom is 0.256 e. The zero-order valence-electron chi connectivity index (χ0n) is 13.5. The van der Waals surface area contributed by atoms with Gasteiger partial charge in [0.1, 0.15) is 0 Å². The first-order valence-corrected chi connectivity index (χ1v) is 7.46. The molecule has 0 bridgehead atoms. The van der Waals surface area contributed by atoms with Crippen LogP contribution in [0.15, 0.2) is 18.2 Å². The average Bonchev–Trinajstić information content (AvgIpc) is 2.50. The van der Waals surface area contributed by atoms with Crippen LogP contribution in [0.2, 0.25) is 0 Å². The third-order valence-electron chi connectivity index (χ3n) is 3.74. The summed E-state index contributed by atoms with van der Waals surface area (Å²) in [5.74, 6) is 5.55. The molecule has 0 unspecified atom stereocenters. The number of amides is 1. The molecule has 0 fully saturated rings. The van der Waals surface area contributed by atoms with Gasteiger partial charge >= 0.3 is 0 Å². The number of methoxy groups -OCH3 is 1. The Morgan fingerprint density at radius 3 is 2.57 bits per heavy atom. The fourth-order valence-corrected chi connectivity index (χ4v) is 2.49. The number of carbonyl (C=O) groups excluding carboxylic acids is 1. The van der Waals surface area contributed by atoms with Crippen LogP contribution >= 0.6 is 0 Å². The highest BCUT2D eigenvalue weighted by Gasteiger charge is 2.24. The topological polar surface area (TPSA) is 67.6 Å². The lowest BCUT2D eigenvalue weighted by Gasteiger charge is -2.31. The molecule has 0 aliphatic carbocycles. The van der Waals surface area contributed by atoms with Gasteiger partial charge in [0, 0.05) is 19.7 Å². The summed E-state index contributed by atoms with van der Waals surface area (Å²) < 4.78 is 5.14. The molecule has 3 N–H and O–H groups in total. The number of aryl methyl sites for hydroxylation is 1. The second-order valence-electron chi connectivity index (χ2n) is 5.16. The Morgan fingerprint density at radius 2 is 2.05 bits per heavy atom. The lowest BCUT2D eigenvalue weighted by atomic mass is 10.1. The van der Waals surface area contributed by atoms with E-state index in [1.165, 1.54) is 0 Å². The van der Waals surface area contributed by atoms with Gasteiger partial charge in [0.25, 0.3) is 5.91 Å². The molecular weight excluding hydrogens is 266 g/mol. The Hall–Kier alpha value is -1.59. The molecule has 0 saturated carbocycles. The normalized spacial score (nSPS) is 10.8. The molecule has 0 heterocycles. The van der Waals surface area contributed by atoms with Crippen molar-refractivity contribution >= 4 is 11.6 Å². The minimum atomic E-state index is -0.00583. The summed E-state index contributed by atoms with van der Waals surface area (Å²) in [6, 6.07) is 5.85. The van der Waals surface area contributed by atoms with Crippen molar-refractivity contribution in [3.8, 4) is 0 Å². The van der Waals surface area contributed by atoms with E-state index in [1.807, 2.05) is 30.0 Å². The first kappa shape index (κ1) is 17.5. The van der Waals surface area contributed by atoms with E-state index < -0.39 is 0 Å². The minimum absolute atomic E-state index is 0.00583. The molecule has 1 amide bonds. The summed E-state index contributed by atoms with van der Waals surface area (Å²) in [4.78, 5) is 14.8. The van der Waals surface area contributed by atoms with Crippen molar-refractivity contribution in [2.75, 3.05) is 25.7 Å². The van der Waals surface area contributed by atoms with Gasteiger partial charge in [-0.3, -0.25) is 10.6 Å². The summed E-state index contributed by atoms with van der Waals surface area (Å²) in [6.45, 7) is 7.27. The number of hydrogen-bond acceptors (Lipinski definition) is 4. The number of rotatable bonds is 8. The van der Waals surface area contributed by atoms with Crippen LogP contribution in [0.25, 0.3) is 0 Å². The summed E-state index contributed by atoms with van der Waals surface area (Å²) in [5.41, 5.74) is 4.95. The van der Waals surface area contributed by atoms with Gasteiger partial charge in [-0.25, -0.2) is 0 Å². The van der Waals surface area contributed by atoms with Crippen LogP contribution in [0, 0.1) is 6.92 Å². The number of nitrogens with one attached hydrogen (secondary N) is 1. The van der Waals surface area contributed by atoms with E-state index in [0.29, 0.717) is 24.4 Å². The first-order chi connectivity index (χ1) is 10.1. The van der Waals surface area contributed by atoms with E-state index in [1.54, 1.807) is 7.11 Å². The quantitative estimate of drug-likeness (QED) is 0.571. The molecule has 0 saturated heterocycles. The van der Waals surface area contributed by atoms with Gasteiger partial charge in [0.15, 0.2) is 0 Å². The molecule has 0 aliphatic rings. The number of nitrogens with two attached hydrogens (primary N) is 1. The molecule has 5 heteroatoms. The predicted molar refractivity (Wildman–Crippen MR) is 86.3 cm³/mol. The minimum Gasteiger partial charge on any atom is -0.383 e. The number of anilines is 1. The smallest absolute Gasteiger partial charge is 0.256 e. The molecule has 118 valence electrons. The van der Waals surface area contributed by atoms with Crippen molar-refractivity contribution in [1.82, 2.24) is 4.90 Å². The number of ether oxygens (including phenoxy) is 1. The lowest BCUT2D eigenvalue weighted by Crippen LogP contribution is -2.42. The van der Waals surface area contributed by atoms with Crippen LogP contribution in [0.1, 0.15) is 42.6 Å². The summed E-state index contributed by atoms with van der Waals surface area (Å²) in [5, 5.41) is 0. The molecule has 0 atom stereocenters. The van der Waals surface area contributed by atoms with Crippen LogP contribution in [0.5, 0.6) is 0 Å². The van der Waals surface area contributed by atoms with Gasteiger partial charge in [-0.05, 0) is 37.5 Å². The largest absolute Gasteiger partial charge is 0.383 e. The molecule has 0 aliphatic heterocycles. The number of carbonyl (C=O) groups is 1. The second kappa shape index (κ2) is 8.64. The van der Waals surface area contributed by atoms with Crippen LogP contribution in [0.3, 0.4) is 0 Å². The van der Waals surface area contributed by atoms with E-state index in [0.717, 1.165) is 18.4 Å². The number of hydrogen-bond donors (Lipinski definition) is 2. The van der Waals surface area contributed by atoms with Gasteiger partial charge in [-0.1, -0.05) is 19.9 Å². The number of hydrazine groups is 1. The van der Waals surface area contributed by atoms with Crippen LogP contribution < -0.4 is 11.3 Å². The maximum absolute atomic E-state index is 12.9. The molecule has 5 nitrogen and oxygen atoms in total. The molecular formula is C16H27N3O2. The van der Waals surface area contributed by atoms with Crippen molar-refractivity contribution in [2.45, 2.75) is 39.7 Å². The van der Waals surface area contributed by atoms with Crippen molar-refractivity contribution in [2.24, 2.45) is 5.84 Å².